The Hall–Kier alpha value is -2.09. The third-order valence-corrected chi connectivity index (χ3v) is 4.06. The maximum Gasteiger partial charge on any atom is 0.443 e. The summed E-state index contributed by atoms with van der Waals surface area (Å²) in [6.45, 7) is 1.59. The van der Waals surface area contributed by atoms with E-state index in [1.807, 2.05) is 0 Å². The molecule has 1 aromatic carbocycles. The normalized spacial score (nSPS) is 11.3. The Kier molecular flexibility index (Phi) is 4.70. The Labute approximate surface area is 128 Å². The fourth-order valence-corrected chi connectivity index (χ4v) is 2.58. The fourth-order valence-electron chi connectivity index (χ4n) is 1.73. The van der Waals surface area contributed by atoms with Gasteiger partial charge in [0.2, 0.25) is 0 Å². The highest BCUT2D eigenvalue weighted by Crippen LogP contribution is 2.34. The van der Waals surface area contributed by atoms with Crippen LogP contribution in [0.2, 0.25) is 0 Å². The number of hydrogen-bond donors (Lipinski definition) is 1. The highest BCUT2D eigenvalue weighted by atomic mass is 32.1. The smallest absolute Gasteiger partial charge is 0.443 e. The van der Waals surface area contributed by atoms with Crippen molar-refractivity contribution in [3.63, 3.8) is 0 Å². The molecule has 4 nitrogen and oxygen atoms in total. The van der Waals surface area contributed by atoms with E-state index in [1.165, 1.54) is 6.92 Å². The standard InChI is InChI=1S/C14H13F3N2O2S/c1-8-11(22-13(19-8)14(15,16)17)12(20)18-7-9-3-5-10(21-2)6-4-9/h3-6H,7H2,1-2H3,(H,18,20). The number of ether oxygens (including phenoxy) is 1. The summed E-state index contributed by atoms with van der Waals surface area (Å²) in [6, 6.07) is 7.00. The second kappa shape index (κ2) is 6.35. The van der Waals surface area contributed by atoms with Crippen LogP contribution >= 0.6 is 11.3 Å². The Morgan fingerprint density at radius 1 is 1.32 bits per heavy atom. The molecule has 0 aliphatic rings. The lowest BCUT2D eigenvalue weighted by atomic mass is 10.2. The Bertz CT molecular complexity index is 666. The van der Waals surface area contributed by atoms with Crippen molar-refractivity contribution in [3.8, 4) is 5.75 Å². The van der Waals surface area contributed by atoms with Gasteiger partial charge >= 0.3 is 6.18 Å². The van der Waals surface area contributed by atoms with Crippen LogP contribution < -0.4 is 10.1 Å². The first-order valence-corrected chi connectivity index (χ1v) is 7.08. The zero-order valence-corrected chi connectivity index (χ0v) is 12.6. The number of alkyl halides is 3. The third kappa shape index (κ3) is 3.76. The number of halogens is 3. The minimum absolute atomic E-state index is 0.0270. The van der Waals surface area contributed by atoms with Crippen LogP contribution in [-0.2, 0) is 12.7 Å². The molecule has 118 valence electrons. The van der Waals surface area contributed by atoms with E-state index in [0.717, 1.165) is 5.56 Å². The van der Waals surface area contributed by atoms with Gasteiger partial charge in [-0.3, -0.25) is 4.79 Å². The summed E-state index contributed by atoms with van der Waals surface area (Å²) in [4.78, 5) is 15.3. The van der Waals surface area contributed by atoms with E-state index >= 15 is 0 Å². The van der Waals surface area contributed by atoms with Crippen LogP contribution in [0.15, 0.2) is 24.3 Å². The molecular formula is C14H13F3N2O2S. The van der Waals surface area contributed by atoms with Gasteiger partial charge in [0, 0.05) is 6.54 Å². The number of methoxy groups -OCH3 is 1. The number of carbonyl (C=O) groups is 1. The number of benzene rings is 1. The molecule has 0 saturated carbocycles. The molecule has 0 atom stereocenters. The number of nitrogens with one attached hydrogen (secondary N) is 1. The number of amides is 1. The van der Waals surface area contributed by atoms with Gasteiger partial charge in [0.15, 0.2) is 5.01 Å². The van der Waals surface area contributed by atoms with E-state index in [2.05, 4.69) is 10.3 Å². The predicted molar refractivity (Wildman–Crippen MR) is 76.0 cm³/mol. The van der Waals surface area contributed by atoms with Crippen LogP contribution in [-0.4, -0.2) is 18.0 Å². The molecule has 1 N–H and O–H groups in total. The molecule has 0 saturated heterocycles. The molecule has 0 bridgehead atoms. The minimum Gasteiger partial charge on any atom is -0.497 e. The maximum absolute atomic E-state index is 12.6. The second-order valence-electron chi connectivity index (χ2n) is 4.46. The molecule has 1 aromatic heterocycles. The second-order valence-corrected chi connectivity index (χ2v) is 5.46. The van der Waals surface area contributed by atoms with Crippen LogP contribution in [0.4, 0.5) is 13.2 Å². The molecule has 1 amide bonds. The van der Waals surface area contributed by atoms with Crippen molar-refractivity contribution in [1.82, 2.24) is 10.3 Å². The van der Waals surface area contributed by atoms with Gasteiger partial charge in [0.1, 0.15) is 10.6 Å². The Morgan fingerprint density at radius 3 is 2.45 bits per heavy atom. The van der Waals surface area contributed by atoms with Gasteiger partial charge in [-0.2, -0.15) is 13.2 Å². The summed E-state index contributed by atoms with van der Waals surface area (Å²) in [5.74, 6) is 0.115. The molecule has 0 aliphatic heterocycles. The molecular weight excluding hydrogens is 317 g/mol. The molecule has 2 rings (SSSR count). The topological polar surface area (TPSA) is 51.2 Å². The summed E-state index contributed by atoms with van der Waals surface area (Å²) in [5.41, 5.74) is 0.886. The van der Waals surface area contributed by atoms with Crippen LogP contribution in [0.3, 0.4) is 0 Å². The van der Waals surface area contributed by atoms with Gasteiger partial charge in [-0.1, -0.05) is 12.1 Å². The van der Waals surface area contributed by atoms with Crippen LogP contribution in [0.25, 0.3) is 0 Å². The molecule has 0 unspecified atom stereocenters. The molecule has 0 fully saturated rings. The maximum atomic E-state index is 12.6. The number of nitrogens with zero attached hydrogens (tertiary/aromatic N) is 1. The monoisotopic (exact) mass is 330 g/mol. The van der Waals surface area contributed by atoms with Gasteiger partial charge in [0.25, 0.3) is 5.91 Å². The molecule has 1 heterocycles. The number of thiazole rings is 1. The number of rotatable bonds is 4. The minimum atomic E-state index is -4.54. The molecule has 0 aliphatic carbocycles. The van der Waals surface area contributed by atoms with Gasteiger partial charge in [-0.25, -0.2) is 4.98 Å². The summed E-state index contributed by atoms with van der Waals surface area (Å²) < 4.78 is 42.7. The first-order chi connectivity index (χ1) is 10.3. The Morgan fingerprint density at radius 2 is 1.95 bits per heavy atom. The number of hydrogen-bond acceptors (Lipinski definition) is 4. The summed E-state index contributed by atoms with van der Waals surface area (Å²) in [6.07, 6.45) is -4.54. The first-order valence-electron chi connectivity index (χ1n) is 6.27. The highest BCUT2D eigenvalue weighted by Gasteiger charge is 2.36. The average molecular weight is 330 g/mol. The van der Waals surface area contributed by atoms with Gasteiger partial charge in [0.05, 0.1) is 12.8 Å². The van der Waals surface area contributed by atoms with Crippen molar-refractivity contribution in [1.29, 1.82) is 0 Å². The van der Waals surface area contributed by atoms with Crippen molar-refractivity contribution < 1.29 is 22.7 Å². The number of carbonyl (C=O) groups excluding carboxylic acids is 1. The molecule has 8 heteroatoms. The van der Waals surface area contributed by atoms with E-state index in [4.69, 9.17) is 4.74 Å². The van der Waals surface area contributed by atoms with Crippen LogP contribution in [0.1, 0.15) is 25.9 Å². The molecule has 22 heavy (non-hydrogen) atoms. The quantitative estimate of drug-likeness (QED) is 0.935. The van der Waals surface area contributed by atoms with Crippen molar-refractivity contribution in [2.75, 3.05) is 7.11 Å². The highest BCUT2D eigenvalue weighted by molar-refractivity contribution is 7.13. The van der Waals surface area contributed by atoms with Crippen LogP contribution in [0, 0.1) is 6.92 Å². The molecule has 0 radical (unpaired) electrons. The van der Waals surface area contributed by atoms with Crippen molar-refractivity contribution in [2.24, 2.45) is 0 Å². The van der Waals surface area contributed by atoms with Gasteiger partial charge < -0.3 is 10.1 Å². The van der Waals surface area contributed by atoms with Crippen molar-refractivity contribution in [2.45, 2.75) is 19.6 Å². The summed E-state index contributed by atoms with van der Waals surface area (Å²) in [5, 5.41) is 1.57. The summed E-state index contributed by atoms with van der Waals surface area (Å²) >= 11 is 0.348. The lowest BCUT2D eigenvalue weighted by Gasteiger charge is -2.05. The van der Waals surface area contributed by atoms with E-state index in [9.17, 15) is 18.0 Å². The van der Waals surface area contributed by atoms with E-state index in [1.54, 1.807) is 31.4 Å². The molecule has 2 aromatic rings. The van der Waals surface area contributed by atoms with E-state index < -0.39 is 17.1 Å². The predicted octanol–water partition coefficient (Wildman–Crippen LogP) is 3.41. The Balaban J connectivity index is 2.04. The largest absolute Gasteiger partial charge is 0.497 e. The first kappa shape index (κ1) is 16.3. The van der Waals surface area contributed by atoms with E-state index in [-0.39, 0.29) is 17.1 Å². The van der Waals surface area contributed by atoms with Gasteiger partial charge in [-0.15, -0.1) is 11.3 Å². The van der Waals surface area contributed by atoms with E-state index in [0.29, 0.717) is 17.1 Å². The van der Waals surface area contributed by atoms with Crippen molar-refractivity contribution >= 4 is 17.2 Å². The van der Waals surface area contributed by atoms with Crippen molar-refractivity contribution in [3.05, 3.63) is 45.4 Å². The average Bonchev–Trinajstić information content (AvgIpc) is 2.87. The van der Waals surface area contributed by atoms with Gasteiger partial charge in [-0.05, 0) is 24.6 Å². The zero-order chi connectivity index (χ0) is 16.3. The SMILES string of the molecule is COc1ccc(CNC(=O)c2sc(C(F)(F)F)nc2C)cc1. The third-order valence-electron chi connectivity index (χ3n) is 2.86. The number of aryl methyl sites for hydroxylation is 1. The summed E-state index contributed by atoms with van der Waals surface area (Å²) in [7, 11) is 1.54. The van der Waals surface area contributed by atoms with Crippen LogP contribution in [0.5, 0.6) is 5.75 Å². The lowest BCUT2D eigenvalue weighted by molar-refractivity contribution is -0.137. The molecule has 0 spiro atoms. The lowest BCUT2D eigenvalue weighted by Crippen LogP contribution is -2.22. The zero-order valence-electron chi connectivity index (χ0n) is 11.8. The number of aromatic nitrogens is 1. The fraction of sp³-hybridized carbons (Fsp3) is 0.286.